The highest BCUT2D eigenvalue weighted by molar-refractivity contribution is 6.33. The van der Waals surface area contributed by atoms with Gasteiger partial charge in [-0.05, 0) is 12.1 Å². The Morgan fingerprint density at radius 3 is 2.85 bits per heavy atom. The summed E-state index contributed by atoms with van der Waals surface area (Å²) < 4.78 is 4.86. The first-order valence-corrected chi connectivity index (χ1v) is 3.87. The summed E-state index contributed by atoms with van der Waals surface area (Å²) in [4.78, 5) is 10.1. The predicted molar refractivity (Wildman–Crippen MR) is 49.0 cm³/mol. The number of carbonyl (C=O) groups is 1. The zero-order chi connectivity index (χ0) is 9.84. The van der Waals surface area contributed by atoms with Crippen molar-refractivity contribution in [1.29, 1.82) is 0 Å². The molecule has 13 heavy (non-hydrogen) atoms. The molecule has 0 spiro atoms. The maximum atomic E-state index is 10.1. The van der Waals surface area contributed by atoms with Crippen LogP contribution in [0.5, 0.6) is 5.75 Å². The van der Waals surface area contributed by atoms with Crippen molar-refractivity contribution in [3.63, 3.8) is 0 Å². The van der Waals surface area contributed by atoms with Crippen LogP contribution in [0.1, 0.15) is 0 Å². The van der Waals surface area contributed by atoms with Crippen molar-refractivity contribution in [2.75, 3.05) is 12.3 Å². The average Bonchev–Trinajstić information content (AvgIpc) is 2.07. The Bertz CT molecular complexity index is 327. The van der Waals surface area contributed by atoms with Gasteiger partial charge in [-0.1, -0.05) is 11.6 Å². The van der Waals surface area contributed by atoms with Gasteiger partial charge in [0.25, 0.3) is 0 Å². The Balaban J connectivity index is 2.68. The van der Waals surface area contributed by atoms with Crippen molar-refractivity contribution in [3.8, 4) is 5.75 Å². The fourth-order valence-electron chi connectivity index (χ4n) is 0.743. The third-order valence-electron chi connectivity index (χ3n) is 1.33. The minimum Gasteiger partial charge on any atom is -0.482 e. The lowest BCUT2D eigenvalue weighted by atomic mass is 10.3. The molecule has 0 saturated heterocycles. The molecule has 0 fully saturated rings. The van der Waals surface area contributed by atoms with Crippen molar-refractivity contribution in [1.82, 2.24) is 0 Å². The molecule has 0 unspecified atom stereocenters. The number of ether oxygens (including phenoxy) is 1. The predicted octanol–water partition coefficient (Wildman–Crippen LogP) is 1.39. The van der Waals surface area contributed by atoms with Crippen LogP contribution < -0.4 is 10.5 Å². The van der Waals surface area contributed by atoms with Gasteiger partial charge in [0.1, 0.15) is 5.75 Å². The van der Waals surface area contributed by atoms with E-state index in [9.17, 15) is 4.79 Å². The third-order valence-corrected chi connectivity index (χ3v) is 1.66. The number of hydrogen-bond acceptors (Lipinski definition) is 3. The topological polar surface area (TPSA) is 72.5 Å². The molecule has 0 bridgehead atoms. The van der Waals surface area contributed by atoms with Gasteiger partial charge in [-0.25, -0.2) is 4.79 Å². The minimum atomic E-state index is -1.03. The lowest BCUT2D eigenvalue weighted by Crippen LogP contribution is -2.09. The van der Waals surface area contributed by atoms with Crippen LogP contribution in [0.15, 0.2) is 18.2 Å². The summed E-state index contributed by atoms with van der Waals surface area (Å²) in [7, 11) is 0. The minimum absolute atomic E-state index is 0.350. The van der Waals surface area contributed by atoms with Crippen LogP contribution in [0, 0.1) is 0 Å². The largest absolute Gasteiger partial charge is 0.482 e. The van der Waals surface area contributed by atoms with Crippen molar-refractivity contribution in [3.05, 3.63) is 23.2 Å². The third kappa shape index (κ3) is 2.83. The van der Waals surface area contributed by atoms with E-state index in [0.717, 1.165) is 0 Å². The van der Waals surface area contributed by atoms with E-state index >= 15 is 0 Å². The van der Waals surface area contributed by atoms with Gasteiger partial charge in [0.05, 0.1) is 10.7 Å². The second-order valence-corrected chi connectivity index (χ2v) is 2.77. The summed E-state index contributed by atoms with van der Waals surface area (Å²) in [5.41, 5.74) is 5.88. The molecular weight excluding hydrogens is 194 g/mol. The molecule has 70 valence electrons. The molecule has 0 aliphatic carbocycles. The Labute approximate surface area is 79.9 Å². The van der Waals surface area contributed by atoms with Crippen LogP contribution in [-0.4, -0.2) is 17.7 Å². The SMILES string of the molecule is Nc1ccc(OCC(=O)O)cc1Cl. The van der Waals surface area contributed by atoms with Crippen molar-refractivity contribution in [2.24, 2.45) is 0 Å². The Morgan fingerprint density at radius 2 is 2.31 bits per heavy atom. The van der Waals surface area contributed by atoms with Gasteiger partial charge >= 0.3 is 5.97 Å². The molecule has 0 aliphatic heterocycles. The van der Waals surface area contributed by atoms with Gasteiger partial charge in [-0.2, -0.15) is 0 Å². The van der Waals surface area contributed by atoms with Crippen LogP contribution in [-0.2, 0) is 4.79 Å². The molecule has 1 aromatic rings. The summed E-state index contributed by atoms with van der Waals surface area (Å²) in [6.07, 6.45) is 0. The van der Waals surface area contributed by atoms with E-state index in [1.54, 1.807) is 12.1 Å². The van der Waals surface area contributed by atoms with Crippen LogP contribution in [0.3, 0.4) is 0 Å². The fraction of sp³-hybridized carbons (Fsp3) is 0.125. The summed E-state index contributed by atoms with van der Waals surface area (Å²) in [6, 6.07) is 4.59. The Kier molecular flexibility index (Phi) is 2.97. The molecule has 0 radical (unpaired) electrons. The first-order valence-electron chi connectivity index (χ1n) is 3.49. The van der Waals surface area contributed by atoms with Gasteiger partial charge in [0, 0.05) is 6.07 Å². The number of nitrogens with two attached hydrogens (primary N) is 1. The van der Waals surface area contributed by atoms with Crippen molar-refractivity contribution >= 4 is 23.3 Å². The highest BCUT2D eigenvalue weighted by Crippen LogP contribution is 2.23. The van der Waals surface area contributed by atoms with E-state index in [1.165, 1.54) is 6.07 Å². The van der Waals surface area contributed by atoms with Gasteiger partial charge in [0.15, 0.2) is 6.61 Å². The molecule has 1 aromatic carbocycles. The van der Waals surface area contributed by atoms with Crippen LogP contribution >= 0.6 is 11.6 Å². The smallest absolute Gasteiger partial charge is 0.341 e. The number of hydrogen-bond donors (Lipinski definition) is 2. The van der Waals surface area contributed by atoms with E-state index in [0.29, 0.717) is 16.5 Å². The lowest BCUT2D eigenvalue weighted by Gasteiger charge is -2.04. The molecule has 1 rings (SSSR count). The maximum Gasteiger partial charge on any atom is 0.341 e. The molecule has 0 atom stereocenters. The highest BCUT2D eigenvalue weighted by Gasteiger charge is 2.01. The molecule has 4 nitrogen and oxygen atoms in total. The van der Waals surface area contributed by atoms with Gasteiger partial charge < -0.3 is 15.6 Å². The number of carboxylic acids is 1. The Hall–Kier alpha value is -1.42. The standard InChI is InChI=1S/C8H8ClNO3/c9-6-3-5(1-2-7(6)10)13-4-8(11)12/h1-3H,4,10H2,(H,11,12). The molecule has 0 heterocycles. The number of rotatable bonds is 3. The van der Waals surface area contributed by atoms with Gasteiger partial charge in [-0.3, -0.25) is 0 Å². The lowest BCUT2D eigenvalue weighted by molar-refractivity contribution is -0.139. The number of anilines is 1. The highest BCUT2D eigenvalue weighted by atomic mass is 35.5. The summed E-state index contributed by atoms with van der Waals surface area (Å²) in [5, 5.41) is 8.67. The van der Waals surface area contributed by atoms with Crippen LogP contribution in [0.4, 0.5) is 5.69 Å². The summed E-state index contributed by atoms with van der Waals surface area (Å²) in [6.45, 7) is -0.389. The number of halogens is 1. The normalized spacial score (nSPS) is 9.62. The molecule has 0 aliphatic rings. The van der Waals surface area contributed by atoms with Crippen molar-refractivity contribution in [2.45, 2.75) is 0 Å². The number of benzene rings is 1. The summed E-state index contributed by atoms with van der Waals surface area (Å²) in [5.74, 6) is -0.644. The van der Waals surface area contributed by atoms with Crippen molar-refractivity contribution < 1.29 is 14.6 Å². The van der Waals surface area contributed by atoms with Crippen LogP contribution in [0.25, 0.3) is 0 Å². The van der Waals surface area contributed by atoms with E-state index in [4.69, 9.17) is 27.2 Å². The van der Waals surface area contributed by atoms with Crippen LogP contribution in [0.2, 0.25) is 5.02 Å². The molecule has 3 N–H and O–H groups in total. The molecular formula is C8H8ClNO3. The average molecular weight is 202 g/mol. The summed E-state index contributed by atoms with van der Waals surface area (Å²) >= 11 is 5.68. The number of nitrogen functional groups attached to an aromatic ring is 1. The first kappa shape index (κ1) is 9.67. The molecule has 0 amide bonds. The van der Waals surface area contributed by atoms with E-state index < -0.39 is 5.97 Å². The first-order chi connectivity index (χ1) is 6.09. The Morgan fingerprint density at radius 1 is 1.62 bits per heavy atom. The van der Waals surface area contributed by atoms with E-state index in [1.807, 2.05) is 0 Å². The zero-order valence-electron chi connectivity index (χ0n) is 6.66. The van der Waals surface area contributed by atoms with E-state index in [-0.39, 0.29) is 6.61 Å². The number of aliphatic carboxylic acids is 1. The zero-order valence-corrected chi connectivity index (χ0v) is 7.41. The van der Waals surface area contributed by atoms with E-state index in [2.05, 4.69) is 0 Å². The maximum absolute atomic E-state index is 10.1. The molecule has 0 aromatic heterocycles. The second-order valence-electron chi connectivity index (χ2n) is 2.37. The fourth-order valence-corrected chi connectivity index (χ4v) is 0.913. The molecule has 5 heteroatoms. The van der Waals surface area contributed by atoms with Gasteiger partial charge in [0.2, 0.25) is 0 Å². The number of carboxylic acid groups (broad SMARTS) is 1. The molecule has 0 saturated carbocycles. The second kappa shape index (κ2) is 4.00. The monoisotopic (exact) mass is 201 g/mol. The van der Waals surface area contributed by atoms with Gasteiger partial charge in [-0.15, -0.1) is 0 Å². The quantitative estimate of drug-likeness (QED) is 0.725.